The van der Waals surface area contributed by atoms with Gasteiger partial charge in [0.2, 0.25) is 17.2 Å². The quantitative estimate of drug-likeness (QED) is 0.270. The molecule has 6 N–H and O–H groups in total. The Bertz CT molecular complexity index is 1030. The number of H-pyrrole nitrogens is 1. The standard InChI is InChI=1S/C13H14ClN9O6/c14-13-17-8(15)4-10(18-13)23(2-16-4)11-6(25)5(24)3(29-11)1-28-7(12(26)27)9-19-21-22-20-9/h2-3,5-7,11,24-25H,1H2,(H,26,27)(H2,15,17,18)(H,19,20,21,22)/t3-,5-,6-,7+,11-/m1/s1. The summed E-state index contributed by atoms with van der Waals surface area (Å²) < 4.78 is 12.3. The van der Waals surface area contributed by atoms with Crippen molar-refractivity contribution < 1.29 is 29.6 Å². The fourth-order valence-corrected chi connectivity index (χ4v) is 3.09. The first-order valence-electron chi connectivity index (χ1n) is 8.11. The number of nitrogen functional groups attached to an aromatic ring is 1. The van der Waals surface area contributed by atoms with E-state index in [2.05, 4.69) is 35.6 Å². The molecule has 0 amide bonds. The number of carboxylic acids is 1. The number of nitrogens with zero attached hydrogens (tertiary/aromatic N) is 7. The molecular weight excluding hydrogens is 414 g/mol. The zero-order chi connectivity index (χ0) is 20.7. The Kier molecular flexibility index (Phi) is 4.97. The van der Waals surface area contributed by atoms with Gasteiger partial charge < -0.3 is 30.5 Å². The first kappa shape index (κ1) is 19.3. The molecule has 0 spiro atoms. The van der Waals surface area contributed by atoms with Crippen molar-refractivity contribution in [1.82, 2.24) is 40.1 Å². The summed E-state index contributed by atoms with van der Waals surface area (Å²) in [5.41, 5.74) is 6.18. The van der Waals surface area contributed by atoms with E-state index in [0.717, 1.165) is 0 Å². The number of rotatable bonds is 6. The minimum atomic E-state index is -1.54. The van der Waals surface area contributed by atoms with E-state index in [1.165, 1.54) is 10.9 Å². The summed E-state index contributed by atoms with van der Waals surface area (Å²) in [6, 6.07) is 0. The number of carbonyl (C=O) groups is 1. The molecule has 1 fully saturated rings. The summed E-state index contributed by atoms with van der Waals surface area (Å²) in [6.45, 7) is -0.384. The monoisotopic (exact) mass is 427 g/mol. The molecule has 3 aromatic heterocycles. The fourth-order valence-electron chi connectivity index (χ4n) is 2.92. The van der Waals surface area contributed by atoms with Crippen molar-refractivity contribution in [2.75, 3.05) is 12.3 Å². The highest BCUT2D eigenvalue weighted by molar-refractivity contribution is 6.28. The molecule has 15 nitrogen and oxygen atoms in total. The van der Waals surface area contributed by atoms with E-state index in [9.17, 15) is 20.1 Å². The molecule has 0 bridgehead atoms. The number of nitrogens with one attached hydrogen (secondary N) is 1. The number of anilines is 1. The number of aliphatic hydroxyl groups excluding tert-OH is 2. The molecular formula is C13H14ClN9O6. The van der Waals surface area contributed by atoms with Gasteiger partial charge in [0.25, 0.3) is 0 Å². The zero-order valence-electron chi connectivity index (χ0n) is 14.3. The van der Waals surface area contributed by atoms with Crippen molar-refractivity contribution in [3.05, 3.63) is 17.4 Å². The van der Waals surface area contributed by atoms with E-state index in [-0.39, 0.29) is 34.7 Å². The fraction of sp³-hybridized carbons (Fsp3) is 0.462. The third-order valence-corrected chi connectivity index (χ3v) is 4.45. The number of aliphatic carboxylic acids is 1. The maximum Gasteiger partial charge on any atom is 0.341 e. The molecule has 1 aliphatic heterocycles. The van der Waals surface area contributed by atoms with Crippen LogP contribution in [0.5, 0.6) is 0 Å². The number of imidazole rings is 1. The van der Waals surface area contributed by atoms with Gasteiger partial charge in [0, 0.05) is 0 Å². The van der Waals surface area contributed by atoms with Crippen LogP contribution in [0.2, 0.25) is 5.28 Å². The Morgan fingerprint density at radius 2 is 2.21 bits per heavy atom. The van der Waals surface area contributed by atoms with Crippen LogP contribution in [0.15, 0.2) is 6.33 Å². The van der Waals surface area contributed by atoms with Gasteiger partial charge in [-0.2, -0.15) is 15.2 Å². The molecule has 0 radical (unpaired) electrons. The number of aromatic nitrogens is 8. The number of carboxylic acid groups (broad SMARTS) is 1. The highest BCUT2D eigenvalue weighted by Crippen LogP contribution is 2.33. The zero-order valence-corrected chi connectivity index (χ0v) is 15.1. The molecule has 29 heavy (non-hydrogen) atoms. The van der Waals surface area contributed by atoms with Crippen LogP contribution in [0.4, 0.5) is 5.82 Å². The largest absolute Gasteiger partial charge is 0.479 e. The number of nitrogens with two attached hydrogens (primary N) is 1. The SMILES string of the molecule is Nc1nc(Cl)nc2c1ncn2[C@@H]1O[C@H](CO[C@H](C(=O)O)c2nn[nH]n2)[C@@H](O)[C@H]1O. The highest BCUT2D eigenvalue weighted by Gasteiger charge is 2.45. The molecule has 0 aliphatic carbocycles. The van der Waals surface area contributed by atoms with E-state index >= 15 is 0 Å². The smallest absolute Gasteiger partial charge is 0.341 e. The maximum absolute atomic E-state index is 11.4. The van der Waals surface area contributed by atoms with Crippen molar-refractivity contribution in [2.45, 2.75) is 30.6 Å². The number of tetrazole rings is 1. The molecule has 0 saturated carbocycles. The van der Waals surface area contributed by atoms with E-state index in [1.54, 1.807) is 0 Å². The minimum absolute atomic E-state index is 0.0380. The second kappa shape index (κ2) is 7.45. The van der Waals surface area contributed by atoms with Crippen LogP contribution in [0.1, 0.15) is 18.2 Å². The maximum atomic E-state index is 11.4. The number of hydrogen-bond acceptors (Lipinski definition) is 12. The van der Waals surface area contributed by atoms with Gasteiger partial charge in [0.05, 0.1) is 12.9 Å². The Hall–Kier alpha value is -2.98. The molecule has 1 saturated heterocycles. The average molecular weight is 428 g/mol. The average Bonchev–Trinajstić information content (AvgIpc) is 3.38. The van der Waals surface area contributed by atoms with Gasteiger partial charge in [-0.3, -0.25) is 4.57 Å². The van der Waals surface area contributed by atoms with Gasteiger partial charge in [-0.1, -0.05) is 5.21 Å². The predicted octanol–water partition coefficient (Wildman–Crippen LogP) is -1.96. The number of aliphatic hydroxyl groups is 2. The van der Waals surface area contributed by atoms with Crippen molar-refractivity contribution in [2.24, 2.45) is 0 Å². The number of ether oxygens (including phenoxy) is 2. The Morgan fingerprint density at radius 3 is 2.90 bits per heavy atom. The van der Waals surface area contributed by atoms with Crippen molar-refractivity contribution in [3.8, 4) is 0 Å². The topological polar surface area (TPSA) is 220 Å². The molecule has 3 aromatic rings. The minimum Gasteiger partial charge on any atom is -0.479 e. The molecule has 0 aromatic carbocycles. The third-order valence-electron chi connectivity index (χ3n) is 4.28. The molecule has 154 valence electrons. The summed E-state index contributed by atoms with van der Waals surface area (Å²) in [7, 11) is 0. The normalized spacial score (nSPS) is 25.5. The van der Waals surface area contributed by atoms with Crippen molar-refractivity contribution >= 4 is 34.6 Å². The van der Waals surface area contributed by atoms with Crippen LogP contribution >= 0.6 is 11.6 Å². The Balaban J connectivity index is 1.53. The summed E-state index contributed by atoms with van der Waals surface area (Å²) in [6.07, 6.45) is -5.22. The van der Waals surface area contributed by atoms with Crippen LogP contribution in [-0.4, -0.2) is 86.4 Å². The number of hydrogen-bond donors (Lipinski definition) is 5. The number of fused-ring (bicyclic) bond motifs is 1. The van der Waals surface area contributed by atoms with Gasteiger partial charge in [0.1, 0.15) is 23.8 Å². The molecule has 1 aliphatic rings. The molecule has 16 heteroatoms. The molecule has 0 unspecified atom stereocenters. The van der Waals surface area contributed by atoms with Crippen LogP contribution < -0.4 is 5.73 Å². The Labute approximate surface area is 165 Å². The summed E-state index contributed by atoms with van der Waals surface area (Å²) >= 11 is 5.83. The first-order chi connectivity index (χ1) is 13.9. The molecule has 4 heterocycles. The molecule has 5 atom stereocenters. The summed E-state index contributed by atoms with van der Waals surface area (Å²) in [4.78, 5) is 23.2. The predicted molar refractivity (Wildman–Crippen MR) is 91.2 cm³/mol. The van der Waals surface area contributed by atoms with E-state index in [0.29, 0.717) is 0 Å². The van der Waals surface area contributed by atoms with Crippen molar-refractivity contribution in [3.63, 3.8) is 0 Å². The van der Waals surface area contributed by atoms with Gasteiger partial charge in [0.15, 0.2) is 17.7 Å². The van der Waals surface area contributed by atoms with E-state index < -0.39 is 36.6 Å². The van der Waals surface area contributed by atoms with Crippen LogP contribution in [-0.2, 0) is 14.3 Å². The van der Waals surface area contributed by atoms with E-state index in [4.69, 9.17) is 26.8 Å². The summed E-state index contributed by atoms with van der Waals surface area (Å²) in [5.74, 6) is -1.53. The third kappa shape index (κ3) is 3.45. The number of halogens is 1. The van der Waals surface area contributed by atoms with Gasteiger partial charge >= 0.3 is 5.97 Å². The lowest BCUT2D eigenvalue weighted by molar-refractivity contribution is -0.156. The van der Waals surface area contributed by atoms with Crippen LogP contribution in [0.25, 0.3) is 11.2 Å². The van der Waals surface area contributed by atoms with Crippen LogP contribution in [0.3, 0.4) is 0 Å². The second-order valence-corrected chi connectivity index (χ2v) is 6.41. The lowest BCUT2D eigenvalue weighted by atomic mass is 10.1. The second-order valence-electron chi connectivity index (χ2n) is 6.07. The number of aromatic amines is 1. The first-order valence-corrected chi connectivity index (χ1v) is 8.49. The lowest BCUT2D eigenvalue weighted by Gasteiger charge is -2.17. The van der Waals surface area contributed by atoms with Crippen LogP contribution in [0, 0.1) is 0 Å². The molecule has 4 rings (SSSR count). The Morgan fingerprint density at radius 1 is 1.41 bits per heavy atom. The summed E-state index contributed by atoms with van der Waals surface area (Å²) in [5, 5.41) is 42.4. The van der Waals surface area contributed by atoms with Gasteiger partial charge in [-0.25, -0.2) is 9.78 Å². The van der Waals surface area contributed by atoms with E-state index in [1.807, 2.05) is 0 Å². The van der Waals surface area contributed by atoms with Crippen molar-refractivity contribution in [1.29, 1.82) is 0 Å². The highest BCUT2D eigenvalue weighted by atomic mass is 35.5. The van der Waals surface area contributed by atoms with Gasteiger partial charge in [-0.05, 0) is 11.6 Å². The van der Waals surface area contributed by atoms with Gasteiger partial charge in [-0.15, -0.1) is 10.2 Å². The lowest BCUT2D eigenvalue weighted by Crippen LogP contribution is -2.34.